The van der Waals surface area contributed by atoms with Crippen molar-refractivity contribution >= 4 is 34.2 Å². The fourth-order valence-electron chi connectivity index (χ4n) is 5.33. The van der Waals surface area contributed by atoms with E-state index in [0.717, 1.165) is 18.4 Å². The molecule has 38 heavy (non-hydrogen) atoms. The second-order valence-electron chi connectivity index (χ2n) is 9.88. The molecule has 1 aliphatic carbocycles. The Hall–Kier alpha value is -3.57. The number of nitrogens with zero attached hydrogens (tertiary/aromatic N) is 5. The molecule has 2 saturated heterocycles. The molecule has 1 amide bonds. The number of pyridine rings is 1. The number of piperazine rings is 1. The predicted octanol–water partition coefficient (Wildman–Crippen LogP) is 3.98. The van der Waals surface area contributed by atoms with Gasteiger partial charge in [-0.2, -0.15) is 9.97 Å². The van der Waals surface area contributed by atoms with Gasteiger partial charge in [0.25, 0.3) is 5.91 Å². The first-order chi connectivity index (χ1) is 18.2. The van der Waals surface area contributed by atoms with Crippen LogP contribution in [0.1, 0.15) is 24.3 Å². The number of aromatic hydroxyl groups is 1. The minimum atomic E-state index is -1.03. The lowest BCUT2D eigenvalue weighted by Gasteiger charge is -2.55. The zero-order valence-corrected chi connectivity index (χ0v) is 21.3. The average Bonchev–Trinajstić information content (AvgIpc) is 3.71. The SMILES string of the molecule is C=C(F)C(=O)N1CCN(c2nc(OC)nc3c(F)c(-c4cc(O)cc(Cl)c4C4CC4)ncc23)CC12COC2. The van der Waals surface area contributed by atoms with E-state index in [1.54, 1.807) is 0 Å². The van der Waals surface area contributed by atoms with E-state index in [1.165, 1.54) is 30.3 Å². The van der Waals surface area contributed by atoms with Gasteiger partial charge in [-0.3, -0.25) is 9.78 Å². The lowest BCUT2D eigenvalue weighted by Crippen LogP contribution is -2.73. The molecule has 2 aromatic heterocycles. The van der Waals surface area contributed by atoms with Gasteiger partial charge < -0.3 is 24.4 Å². The van der Waals surface area contributed by atoms with Crippen molar-refractivity contribution in [3.63, 3.8) is 0 Å². The molecule has 3 fully saturated rings. The molecule has 0 unspecified atom stereocenters. The molecule has 0 atom stereocenters. The third kappa shape index (κ3) is 3.92. The van der Waals surface area contributed by atoms with E-state index < -0.39 is 23.1 Å². The van der Waals surface area contributed by atoms with Gasteiger partial charge in [0.1, 0.15) is 28.3 Å². The molecule has 198 valence electrons. The summed E-state index contributed by atoms with van der Waals surface area (Å²) < 4.78 is 40.6. The highest BCUT2D eigenvalue weighted by Crippen LogP contribution is 2.49. The van der Waals surface area contributed by atoms with Gasteiger partial charge >= 0.3 is 6.01 Å². The third-order valence-corrected chi connectivity index (χ3v) is 7.66. The Labute approximate surface area is 221 Å². The molecule has 4 heterocycles. The van der Waals surface area contributed by atoms with E-state index in [2.05, 4.69) is 21.5 Å². The van der Waals surface area contributed by atoms with Crippen LogP contribution in [0.5, 0.6) is 11.8 Å². The maximum Gasteiger partial charge on any atom is 0.318 e. The Morgan fingerprint density at radius 1 is 1.29 bits per heavy atom. The fraction of sp³-hybridized carbons (Fsp3) is 0.385. The smallest absolute Gasteiger partial charge is 0.318 e. The fourth-order valence-corrected chi connectivity index (χ4v) is 5.70. The molecule has 0 radical (unpaired) electrons. The van der Waals surface area contributed by atoms with Crippen molar-refractivity contribution in [3.05, 3.63) is 47.1 Å². The number of hydrogen-bond donors (Lipinski definition) is 1. The van der Waals surface area contributed by atoms with Crippen LogP contribution < -0.4 is 9.64 Å². The molecule has 1 saturated carbocycles. The number of hydrogen-bond acceptors (Lipinski definition) is 8. The van der Waals surface area contributed by atoms with E-state index in [9.17, 15) is 14.3 Å². The number of halogens is 3. The van der Waals surface area contributed by atoms with Crippen molar-refractivity contribution in [2.45, 2.75) is 24.3 Å². The van der Waals surface area contributed by atoms with Gasteiger partial charge in [0.05, 0.1) is 25.7 Å². The second-order valence-corrected chi connectivity index (χ2v) is 10.3. The molecular weight excluding hydrogens is 520 g/mol. The number of fused-ring (bicyclic) bond motifs is 1. The Kier molecular flexibility index (Phi) is 5.88. The van der Waals surface area contributed by atoms with Gasteiger partial charge in [0.15, 0.2) is 11.6 Å². The van der Waals surface area contributed by atoms with Crippen LogP contribution in [0.4, 0.5) is 14.6 Å². The van der Waals surface area contributed by atoms with Crippen molar-refractivity contribution in [1.29, 1.82) is 0 Å². The number of phenolic OH excluding ortho intramolecular Hbond substituents is 1. The summed E-state index contributed by atoms with van der Waals surface area (Å²) in [7, 11) is 1.38. The Balaban J connectivity index is 1.45. The lowest BCUT2D eigenvalue weighted by atomic mass is 9.91. The number of amides is 1. The summed E-state index contributed by atoms with van der Waals surface area (Å²) in [4.78, 5) is 29.0. The summed E-state index contributed by atoms with van der Waals surface area (Å²) in [6.07, 6.45) is 3.33. The van der Waals surface area contributed by atoms with E-state index in [4.69, 9.17) is 21.1 Å². The molecule has 6 rings (SSSR count). The maximum absolute atomic E-state index is 16.2. The first-order valence-corrected chi connectivity index (χ1v) is 12.5. The van der Waals surface area contributed by atoms with Crippen LogP contribution in [0.25, 0.3) is 22.2 Å². The first-order valence-electron chi connectivity index (χ1n) is 12.1. The van der Waals surface area contributed by atoms with Crippen LogP contribution in [-0.4, -0.2) is 76.4 Å². The van der Waals surface area contributed by atoms with E-state index in [1.807, 2.05) is 4.90 Å². The van der Waals surface area contributed by atoms with Crippen molar-refractivity contribution in [1.82, 2.24) is 19.9 Å². The number of aromatic nitrogens is 3. The summed E-state index contributed by atoms with van der Waals surface area (Å²) in [5.41, 5.74) is 0.411. The zero-order chi connectivity index (χ0) is 26.8. The molecule has 3 aliphatic rings. The third-order valence-electron chi connectivity index (χ3n) is 7.35. The topological polar surface area (TPSA) is 101 Å². The van der Waals surface area contributed by atoms with Crippen LogP contribution in [0.15, 0.2) is 30.7 Å². The van der Waals surface area contributed by atoms with Crippen LogP contribution in [-0.2, 0) is 9.53 Å². The van der Waals surface area contributed by atoms with Crippen molar-refractivity contribution in [2.75, 3.05) is 44.9 Å². The van der Waals surface area contributed by atoms with Gasteiger partial charge in [-0.25, -0.2) is 8.78 Å². The molecule has 1 N–H and O–H groups in total. The van der Waals surface area contributed by atoms with Crippen molar-refractivity contribution in [2.24, 2.45) is 0 Å². The molecule has 2 aliphatic heterocycles. The number of phenols is 1. The second kappa shape index (κ2) is 9.02. The average molecular weight is 544 g/mol. The summed E-state index contributed by atoms with van der Waals surface area (Å²) in [5.74, 6) is -2.04. The summed E-state index contributed by atoms with van der Waals surface area (Å²) >= 11 is 6.43. The van der Waals surface area contributed by atoms with E-state index >= 15 is 4.39 Å². The molecule has 1 spiro atoms. The number of benzene rings is 1. The monoisotopic (exact) mass is 543 g/mol. The van der Waals surface area contributed by atoms with Crippen LogP contribution in [0, 0.1) is 5.82 Å². The van der Waals surface area contributed by atoms with Crippen LogP contribution >= 0.6 is 11.6 Å². The molecular formula is C26H24ClF2N5O4. The lowest BCUT2D eigenvalue weighted by molar-refractivity contribution is -0.167. The molecule has 3 aromatic rings. The van der Waals surface area contributed by atoms with Crippen LogP contribution in [0.2, 0.25) is 5.02 Å². The Morgan fingerprint density at radius 3 is 2.68 bits per heavy atom. The van der Waals surface area contributed by atoms with Gasteiger partial charge in [0, 0.05) is 36.4 Å². The van der Waals surface area contributed by atoms with Gasteiger partial charge in [-0.05, 0) is 36.5 Å². The minimum absolute atomic E-state index is 0.00684. The highest BCUT2D eigenvalue weighted by atomic mass is 35.5. The zero-order valence-electron chi connectivity index (χ0n) is 20.5. The molecule has 12 heteroatoms. The number of carbonyl (C=O) groups excluding carboxylic acids is 1. The molecule has 0 bridgehead atoms. The Morgan fingerprint density at radius 2 is 2.05 bits per heavy atom. The maximum atomic E-state index is 16.2. The molecule has 1 aromatic carbocycles. The van der Waals surface area contributed by atoms with Gasteiger partial charge in [-0.15, -0.1) is 0 Å². The number of carbonyl (C=O) groups is 1. The first kappa shape index (κ1) is 24.7. The summed E-state index contributed by atoms with van der Waals surface area (Å²) in [6, 6.07) is 2.86. The summed E-state index contributed by atoms with van der Waals surface area (Å²) in [5, 5.41) is 10.9. The minimum Gasteiger partial charge on any atom is -0.508 e. The normalized spacial score (nSPS) is 18.5. The van der Waals surface area contributed by atoms with Crippen molar-refractivity contribution < 1.29 is 28.2 Å². The quantitative estimate of drug-likeness (QED) is 0.482. The van der Waals surface area contributed by atoms with E-state index in [0.29, 0.717) is 28.3 Å². The number of rotatable bonds is 5. The molecule has 9 nitrogen and oxygen atoms in total. The van der Waals surface area contributed by atoms with E-state index in [-0.39, 0.29) is 55.2 Å². The van der Waals surface area contributed by atoms with Crippen molar-refractivity contribution in [3.8, 4) is 23.0 Å². The number of anilines is 1. The number of methoxy groups -OCH3 is 1. The highest BCUT2D eigenvalue weighted by molar-refractivity contribution is 6.32. The largest absolute Gasteiger partial charge is 0.508 e. The predicted molar refractivity (Wildman–Crippen MR) is 136 cm³/mol. The Bertz CT molecular complexity index is 1490. The highest BCUT2D eigenvalue weighted by Gasteiger charge is 2.51. The van der Waals surface area contributed by atoms with Gasteiger partial charge in [0.2, 0.25) is 0 Å². The standard InChI is InChI=1S/C26H24ClF2N5O4/c1-13(28)24(36)34-6-5-33(10-26(34)11-38-12-26)23-17-9-30-21(20(29)22(17)31-25(32-23)37-2)16-7-15(35)8-18(27)19(16)14-3-4-14/h7-9,14,35H,1,3-6,10-12H2,2H3. The number of ether oxygens (including phenoxy) is 2. The summed E-state index contributed by atoms with van der Waals surface area (Å²) in [6.45, 7) is 4.36. The van der Waals surface area contributed by atoms with Crippen LogP contribution in [0.3, 0.4) is 0 Å². The van der Waals surface area contributed by atoms with Gasteiger partial charge in [-0.1, -0.05) is 18.2 Å².